The lowest BCUT2D eigenvalue weighted by atomic mass is 10.2. The maximum Gasteiger partial charge on any atom is 0.0641 e. The molecular formula is C14H24N2O. The zero-order valence-corrected chi connectivity index (χ0v) is 11.0. The summed E-state index contributed by atoms with van der Waals surface area (Å²) in [7, 11) is 0. The quantitative estimate of drug-likeness (QED) is 0.857. The van der Waals surface area contributed by atoms with Gasteiger partial charge in [-0.1, -0.05) is 26.0 Å². The smallest absolute Gasteiger partial charge is 0.0641 e. The van der Waals surface area contributed by atoms with E-state index < -0.39 is 0 Å². The van der Waals surface area contributed by atoms with E-state index in [2.05, 4.69) is 29.2 Å². The molecule has 0 aliphatic carbocycles. The van der Waals surface area contributed by atoms with Crippen molar-refractivity contribution >= 4 is 5.69 Å². The van der Waals surface area contributed by atoms with Gasteiger partial charge >= 0.3 is 0 Å². The highest BCUT2D eigenvalue weighted by Gasteiger charge is 2.09. The number of rotatable bonds is 2. The van der Waals surface area contributed by atoms with Crippen LogP contribution >= 0.6 is 0 Å². The molecular weight excluding hydrogens is 212 g/mol. The van der Waals surface area contributed by atoms with Crippen LogP contribution in [0.3, 0.4) is 0 Å². The molecule has 0 saturated carbocycles. The second kappa shape index (κ2) is 8.09. The monoisotopic (exact) mass is 236 g/mol. The van der Waals surface area contributed by atoms with Crippen LogP contribution in [0.5, 0.6) is 0 Å². The van der Waals surface area contributed by atoms with Gasteiger partial charge in [0.25, 0.3) is 0 Å². The lowest BCUT2D eigenvalue weighted by molar-refractivity contribution is 0.152. The molecule has 1 aliphatic heterocycles. The van der Waals surface area contributed by atoms with Crippen LogP contribution in [0.4, 0.5) is 5.69 Å². The molecule has 0 bridgehead atoms. The summed E-state index contributed by atoms with van der Waals surface area (Å²) in [6.45, 7) is 8.41. The summed E-state index contributed by atoms with van der Waals surface area (Å²) in [6, 6.07) is 8.49. The molecule has 0 amide bonds. The first-order chi connectivity index (χ1) is 8.40. The molecule has 1 fully saturated rings. The molecule has 0 radical (unpaired) electrons. The lowest BCUT2D eigenvalue weighted by Gasteiger charge is -2.22. The highest BCUT2D eigenvalue weighted by molar-refractivity contribution is 5.47. The summed E-state index contributed by atoms with van der Waals surface area (Å²) in [4.78, 5) is 2.37. The molecule has 2 N–H and O–H groups in total. The second-order valence-corrected chi connectivity index (χ2v) is 3.82. The Hall–Kier alpha value is -1.06. The molecule has 1 aromatic rings. The number of ether oxygens (including phenoxy) is 1. The summed E-state index contributed by atoms with van der Waals surface area (Å²) in [5.74, 6) is 0. The Bertz CT molecular complexity index is 290. The zero-order valence-electron chi connectivity index (χ0n) is 11.0. The molecule has 3 nitrogen and oxygen atoms in total. The molecule has 0 unspecified atom stereocenters. The van der Waals surface area contributed by atoms with E-state index in [1.807, 2.05) is 13.8 Å². The van der Waals surface area contributed by atoms with Gasteiger partial charge in [-0.25, -0.2) is 0 Å². The van der Waals surface area contributed by atoms with Crippen molar-refractivity contribution < 1.29 is 4.74 Å². The van der Waals surface area contributed by atoms with E-state index in [0.29, 0.717) is 6.54 Å². The fourth-order valence-electron chi connectivity index (χ4n) is 1.85. The van der Waals surface area contributed by atoms with Gasteiger partial charge in [0.05, 0.1) is 6.61 Å². The van der Waals surface area contributed by atoms with Crippen molar-refractivity contribution in [1.82, 2.24) is 0 Å². The van der Waals surface area contributed by atoms with Crippen LogP contribution in [0.15, 0.2) is 24.3 Å². The molecule has 0 spiro atoms. The van der Waals surface area contributed by atoms with Gasteiger partial charge < -0.3 is 15.4 Å². The molecule has 17 heavy (non-hydrogen) atoms. The summed E-state index contributed by atoms with van der Waals surface area (Å²) in [5, 5.41) is 0. The van der Waals surface area contributed by atoms with Crippen LogP contribution in [0.25, 0.3) is 0 Å². The first-order valence-corrected chi connectivity index (χ1v) is 6.52. The summed E-state index contributed by atoms with van der Waals surface area (Å²) in [6.07, 6.45) is 1.11. The van der Waals surface area contributed by atoms with E-state index in [0.717, 1.165) is 32.7 Å². The molecule has 1 aromatic carbocycles. The molecule has 0 atom stereocenters. The van der Waals surface area contributed by atoms with Crippen molar-refractivity contribution in [3.63, 3.8) is 0 Å². The Morgan fingerprint density at radius 3 is 2.47 bits per heavy atom. The standard InChI is InChI=1S/C12H18N2O.C2H6/c13-10-11-2-4-12(5-3-11)14-6-1-8-15-9-7-14;1-2/h2-5H,1,6-10,13H2;1-2H3. The molecule has 1 aliphatic rings. The predicted molar refractivity (Wildman–Crippen MR) is 73.3 cm³/mol. The van der Waals surface area contributed by atoms with Crippen molar-refractivity contribution in [2.45, 2.75) is 26.8 Å². The SMILES string of the molecule is CC.NCc1ccc(N2CCCOCC2)cc1. The molecule has 96 valence electrons. The van der Waals surface area contributed by atoms with Crippen molar-refractivity contribution in [3.8, 4) is 0 Å². The topological polar surface area (TPSA) is 38.5 Å². The fourth-order valence-corrected chi connectivity index (χ4v) is 1.85. The van der Waals surface area contributed by atoms with Crippen LogP contribution in [0.1, 0.15) is 25.8 Å². The average Bonchev–Trinajstić information content (AvgIpc) is 2.70. The van der Waals surface area contributed by atoms with Gasteiger partial charge in [0, 0.05) is 31.9 Å². The van der Waals surface area contributed by atoms with Gasteiger partial charge in [-0.05, 0) is 24.1 Å². The van der Waals surface area contributed by atoms with Crippen LogP contribution in [-0.4, -0.2) is 26.3 Å². The normalized spacial score (nSPS) is 15.8. The third kappa shape index (κ3) is 4.36. The molecule has 0 aromatic heterocycles. The minimum atomic E-state index is 0.614. The van der Waals surface area contributed by atoms with E-state index >= 15 is 0 Å². The van der Waals surface area contributed by atoms with Crippen LogP contribution in [0.2, 0.25) is 0 Å². The van der Waals surface area contributed by atoms with Crippen molar-refractivity contribution in [2.75, 3.05) is 31.2 Å². The van der Waals surface area contributed by atoms with Gasteiger partial charge in [0.15, 0.2) is 0 Å². The van der Waals surface area contributed by atoms with Gasteiger partial charge in [-0.2, -0.15) is 0 Å². The number of anilines is 1. The summed E-state index contributed by atoms with van der Waals surface area (Å²) in [5.41, 5.74) is 8.03. The third-order valence-electron chi connectivity index (χ3n) is 2.76. The first kappa shape index (κ1) is 14.0. The maximum absolute atomic E-state index is 5.57. The van der Waals surface area contributed by atoms with Crippen molar-refractivity contribution in [2.24, 2.45) is 5.73 Å². The van der Waals surface area contributed by atoms with Gasteiger partial charge in [0.1, 0.15) is 0 Å². The van der Waals surface area contributed by atoms with E-state index in [9.17, 15) is 0 Å². The van der Waals surface area contributed by atoms with Gasteiger partial charge in [-0.15, -0.1) is 0 Å². The van der Waals surface area contributed by atoms with Crippen LogP contribution < -0.4 is 10.6 Å². The maximum atomic E-state index is 5.57. The van der Waals surface area contributed by atoms with Crippen LogP contribution in [-0.2, 0) is 11.3 Å². The Labute approximate surface area is 105 Å². The second-order valence-electron chi connectivity index (χ2n) is 3.82. The number of nitrogens with zero attached hydrogens (tertiary/aromatic N) is 1. The number of nitrogens with two attached hydrogens (primary N) is 1. The van der Waals surface area contributed by atoms with E-state index in [4.69, 9.17) is 10.5 Å². The van der Waals surface area contributed by atoms with Gasteiger partial charge in [0.2, 0.25) is 0 Å². The molecule has 1 heterocycles. The average molecular weight is 236 g/mol. The fraction of sp³-hybridized carbons (Fsp3) is 0.571. The largest absolute Gasteiger partial charge is 0.380 e. The minimum absolute atomic E-state index is 0.614. The van der Waals surface area contributed by atoms with Crippen LogP contribution in [0, 0.1) is 0 Å². The van der Waals surface area contributed by atoms with E-state index in [1.165, 1.54) is 11.3 Å². The Morgan fingerprint density at radius 1 is 1.12 bits per heavy atom. The first-order valence-electron chi connectivity index (χ1n) is 6.52. The van der Waals surface area contributed by atoms with Crippen molar-refractivity contribution in [3.05, 3.63) is 29.8 Å². The Balaban J connectivity index is 0.000000686. The highest BCUT2D eigenvalue weighted by atomic mass is 16.5. The highest BCUT2D eigenvalue weighted by Crippen LogP contribution is 2.16. The number of hydrogen-bond acceptors (Lipinski definition) is 3. The minimum Gasteiger partial charge on any atom is -0.380 e. The number of benzene rings is 1. The van der Waals surface area contributed by atoms with Gasteiger partial charge in [-0.3, -0.25) is 0 Å². The van der Waals surface area contributed by atoms with E-state index in [1.54, 1.807) is 0 Å². The molecule has 3 heteroatoms. The van der Waals surface area contributed by atoms with E-state index in [-0.39, 0.29) is 0 Å². The predicted octanol–water partition coefficient (Wildman–Crippen LogP) is 2.40. The lowest BCUT2D eigenvalue weighted by Crippen LogP contribution is -2.25. The Kier molecular flexibility index (Phi) is 6.67. The van der Waals surface area contributed by atoms with Crippen molar-refractivity contribution in [1.29, 1.82) is 0 Å². The Morgan fingerprint density at radius 2 is 1.82 bits per heavy atom. The molecule has 1 saturated heterocycles. The number of hydrogen-bond donors (Lipinski definition) is 1. The zero-order chi connectivity index (χ0) is 12.5. The summed E-state index contributed by atoms with van der Waals surface area (Å²) < 4.78 is 5.43. The molecule has 2 rings (SSSR count). The summed E-state index contributed by atoms with van der Waals surface area (Å²) >= 11 is 0. The third-order valence-corrected chi connectivity index (χ3v) is 2.76.